The van der Waals surface area contributed by atoms with Gasteiger partial charge in [-0.25, -0.2) is 4.79 Å². The van der Waals surface area contributed by atoms with Crippen molar-refractivity contribution in [3.8, 4) is 45.8 Å². The van der Waals surface area contributed by atoms with Crippen LogP contribution in [0, 0.1) is 0 Å². The molecule has 0 bridgehead atoms. The van der Waals surface area contributed by atoms with Gasteiger partial charge in [0, 0.05) is 23.8 Å². The zero-order valence-electron chi connectivity index (χ0n) is 34.9. The van der Waals surface area contributed by atoms with E-state index < -0.39 is 163 Å². The zero-order chi connectivity index (χ0) is 48.6. The Morgan fingerprint density at radius 2 is 1.27 bits per heavy atom. The molecule has 7 rings (SSSR count). The maximum atomic E-state index is 13.8. The van der Waals surface area contributed by atoms with Crippen LogP contribution in [0.3, 0.4) is 0 Å². The number of aliphatic hydroxyl groups is 9. The van der Waals surface area contributed by atoms with Gasteiger partial charge in [0.2, 0.25) is 0 Å². The summed E-state index contributed by atoms with van der Waals surface area (Å²) in [4.78, 5) is 27.5. The number of hydrogen-bond acceptors (Lipinski definition) is 24. The van der Waals surface area contributed by atoms with Gasteiger partial charge in [-0.1, -0.05) is 6.07 Å². The van der Waals surface area contributed by atoms with Crippen LogP contribution in [0.2, 0.25) is 0 Å². The van der Waals surface area contributed by atoms with E-state index in [2.05, 4.69) is 0 Å². The predicted octanol–water partition coefficient (Wildman–Crippen LogP) is -2.58. The molecule has 4 aromatic rings. The first-order chi connectivity index (χ1) is 31.9. The monoisotopic (exact) mass is 948 g/mol. The lowest BCUT2D eigenvalue weighted by Crippen LogP contribution is -2.66. The Morgan fingerprint density at radius 1 is 0.642 bits per heavy atom. The zero-order valence-corrected chi connectivity index (χ0v) is 34.9. The highest BCUT2D eigenvalue weighted by atomic mass is 16.8. The average Bonchev–Trinajstić information content (AvgIpc) is 3.30. The molecule has 24 nitrogen and oxygen atoms in total. The second-order valence-electron chi connectivity index (χ2n) is 15.7. The van der Waals surface area contributed by atoms with Crippen LogP contribution in [0.5, 0.6) is 34.5 Å². The Labute approximate surface area is 377 Å². The highest BCUT2D eigenvalue weighted by Crippen LogP contribution is 2.47. The Morgan fingerprint density at radius 3 is 1.93 bits per heavy atom. The quantitative estimate of drug-likeness (QED) is 0.0372. The topological polar surface area (TPSA) is 395 Å². The van der Waals surface area contributed by atoms with Crippen molar-refractivity contribution in [2.75, 3.05) is 26.9 Å². The number of carbonyl (C=O) groups excluding carboxylic acids is 1. The van der Waals surface area contributed by atoms with Gasteiger partial charge in [-0.05, 0) is 42.0 Å². The van der Waals surface area contributed by atoms with E-state index in [0.717, 1.165) is 36.4 Å². The number of esters is 1. The molecular formula is C43H48O24. The highest BCUT2D eigenvalue weighted by molar-refractivity contribution is 5.89. The van der Waals surface area contributed by atoms with E-state index in [1.54, 1.807) is 0 Å². The molecule has 3 fully saturated rings. The Bertz CT molecular complexity index is 2490. The first-order valence-corrected chi connectivity index (χ1v) is 20.4. The minimum Gasteiger partial charge on any atom is -0.507 e. The third-order valence-electron chi connectivity index (χ3n) is 11.5. The molecule has 1 aromatic heterocycles. The first-order valence-electron chi connectivity index (χ1n) is 20.4. The van der Waals surface area contributed by atoms with Gasteiger partial charge in [0.15, 0.2) is 47.1 Å². The molecular weight excluding hydrogens is 900 g/mol. The molecule has 3 aliphatic heterocycles. The number of phenolic OH excluding ortho intramolecular Hbond substituents is 5. The van der Waals surface area contributed by atoms with Crippen LogP contribution in [0.4, 0.5) is 0 Å². The van der Waals surface area contributed by atoms with Crippen molar-refractivity contribution >= 4 is 23.0 Å². The van der Waals surface area contributed by atoms with Crippen LogP contribution >= 0.6 is 0 Å². The summed E-state index contributed by atoms with van der Waals surface area (Å²) in [7, 11) is 1.29. The van der Waals surface area contributed by atoms with Gasteiger partial charge in [-0.15, -0.1) is 0 Å². The van der Waals surface area contributed by atoms with Crippen LogP contribution in [-0.4, -0.2) is 190 Å². The fourth-order valence-electron chi connectivity index (χ4n) is 7.93. The summed E-state index contributed by atoms with van der Waals surface area (Å²) in [5.41, 5.74) is -1.59. The fraction of sp³-hybridized carbons (Fsp3) is 0.442. The number of ether oxygens (including phenoxy) is 7. The Balaban J connectivity index is 1.32. The predicted molar refractivity (Wildman–Crippen MR) is 220 cm³/mol. The van der Waals surface area contributed by atoms with Crippen LogP contribution in [-0.2, 0) is 33.2 Å². The van der Waals surface area contributed by atoms with E-state index >= 15 is 0 Å². The van der Waals surface area contributed by atoms with Gasteiger partial charge >= 0.3 is 5.97 Å². The van der Waals surface area contributed by atoms with Crippen molar-refractivity contribution in [1.29, 1.82) is 0 Å². The molecule has 0 saturated carbocycles. The molecule has 0 spiro atoms. The van der Waals surface area contributed by atoms with Gasteiger partial charge in [-0.3, -0.25) is 4.79 Å². The molecule has 364 valence electrons. The van der Waals surface area contributed by atoms with E-state index in [4.69, 9.17) is 37.6 Å². The standard InChI is InChI=1S/C43H48O24/c1-60-23-9-16(4-6-18(23)48)22-10-20(50)29-24(61-22)11-21(51)30(34(29)56)38-41(65-28(52)7-3-15-2-5-17(47)19(49)8-15)39(33(55)27(14-46)62-38)66-43-40(36(58)32(54)26(13-45)64-43)67-42-37(59)35(57)31(53)25(12-44)63-42/h2-11,25-27,31-33,35-49,51,53-59H,12-14H2,1H3/b7-3+/t25-,26+,27-,31+,32+,33+,35+,36-,37+,38+,39-,40+,41-,42+,43-/m1/s1. The molecule has 0 amide bonds. The van der Waals surface area contributed by atoms with E-state index in [1.165, 1.54) is 31.4 Å². The van der Waals surface area contributed by atoms with Crippen LogP contribution in [0.25, 0.3) is 28.4 Å². The van der Waals surface area contributed by atoms with Crippen LogP contribution < -0.4 is 10.2 Å². The molecule has 3 saturated heterocycles. The average molecular weight is 949 g/mol. The maximum Gasteiger partial charge on any atom is 0.331 e. The fourth-order valence-corrected chi connectivity index (χ4v) is 7.93. The molecule has 0 aliphatic carbocycles. The Hall–Kier alpha value is -5.68. The lowest BCUT2D eigenvalue weighted by molar-refractivity contribution is -0.382. The summed E-state index contributed by atoms with van der Waals surface area (Å²) >= 11 is 0. The minimum atomic E-state index is -2.13. The number of carbonyl (C=O) groups is 1. The van der Waals surface area contributed by atoms with Crippen molar-refractivity contribution in [3.05, 3.63) is 76.0 Å². The SMILES string of the molecule is COc1cc(-c2cc(=O)c3c(O)c([C@@H]4O[C@H](CO)[C@H](O)[C@@H](O[C@H]5O[C@@H](CO)[C@H](O)[C@@H](O)[C@@H]5O[C@@H]5O[C@H](CO)[C@H](O)[C@H](O)[C@@H]5O)[C@@H]4OC(=O)/C=C/c4ccc(O)c(O)c4)c(O)cc3o2)ccc1O. The Kier molecular flexibility index (Phi) is 14.9. The van der Waals surface area contributed by atoms with E-state index in [-0.39, 0.29) is 28.4 Å². The highest BCUT2D eigenvalue weighted by Gasteiger charge is 2.56. The number of benzene rings is 3. The molecule has 3 aromatic carbocycles. The smallest absolute Gasteiger partial charge is 0.331 e. The summed E-state index contributed by atoms with van der Waals surface area (Å²) in [5, 5.41) is 148. The van der Waals surface area contributed by atoms with Gasteiger partial charge in [-0.2, -0.15) is 0 Å². The van der Waals surface area contributed by atoms with Crippen molar-refractivity contribution in [2.24, 2.45) is 0 Å². The third kappa shape index (κ3) is 9.72. The van der Waals surface area contributed by atoms with Gasteiger partial charge in [0.25, 0.3) is 0 Å². The summed E-state index contributed by atoms with van der Waals surface area (Å²) in [6.07, 6.45) is -27.6. The number of phenols is 5. The number of fused-ring (bicyclic) bond motifs is 1. The van der Waals surface area contributed by atoms with Crippen molar-refractivity contribution in [2.45, 2.75) is 91.9 Å². The van der Waals surface area contributed by atoms with Gasteiger partial charge in [0.05, 0.1) is 32.5 Å². The number of methoxy groups -OCH3 is 1. The van der Waals surface area contributed by atoms with Crippen LogP contribution in [0.1, 0.15) is 17.2 Å². The summed E-state index contributed by atoms with van der Waals surface area (Å²) in [6, 6.07) is 9.38. The third-order valence-corrected chi connectivity index (χ3v) is 11.5. The molecule has 4 heterocycles. The summed E-state index contributed by atoms with van der Waals surface area (Å²) in [5.74, 6) is -4.50. The molecule has 15 atom stereocenters. The number of aromatic hydroxyl groups is 5. The van der Waals surface area contributed by atoms with Crippen molar-refractivity contribution < 1.29 is 114 Å². The normalized spacial score (nSPS) is 32.4. The molecule has 3 aliphatic rings. The molecule has 24 heteroatoms. The number of rotatable bonds is 13. The number of aliphatic hydroxyl groups excluding tert-OH is 9. The maximum absolute atomic E-state index is 13.8. The first kappa shape index (κ1) is 49.2. The lowest BCUT2D eigenvalue weighted by atomic mass is 9.88. The second kappa shape index (κ2) is 20.3. The van der Waals surface area contributed by atoms with Gasteiger partial charge < -0.3 is 109 Å². The van der Waals surface area contributed by atoms with E-state index in [9.17, 15) is 81.1 Å². The molecule has 14 N–H and O–H groups in total. The van der Waals surface area contributed by atoms with Gasteiger partial charge in [0.1, 0.15) is 101 Å². The number of hydrogen-bond donors (Lipinski definition) is 14. The largest absolute Gasteiger partial charge is 0.507 e. The van der Waals surface area contributed by atoms with E-state index in [0.29, 0.717) is 0 Å². The molecule has 67 heavy (non-hydrogen) atoms. The lowest BCUT2D eigenvalue weighted by Gasteiger charge is -2.49. The second-order valence-corrected chi connectivity index (χ2v) is 15.7. The molecule has 0 radical (unpaired) electrons. The summed E-state index contributed by atoms with van der Waals surface area (Å²) in [6.45, 7) is -2.93. The van der Waals surface area contributed by atoms with E-state index in [1.807, 2.05) is 0 Å². The summed E-state index contributed by atoms with van der Waals surface area (Å²) < 4.78 is 45.8. The van der Waals surface area contributed by atoms with Crippen molar-refractivity contribution in [3.63, 3.8) is 0 Å². The van der Waals surface area contributed by atoms with Crippen LogP contribution in [0.15, 0.2) is 63.8 Å². The molecule has 0 unspecified atom stereocenters. The minimum absolute atomic E-state index is 0.0211. The van der Waals surface area contributed by atoms with Crippen molar-refractivity contribution in [1.82, 2.24) is 0 Å².